The Kier molecular flexibility index (Phi) is 3.59. The highest BCUT2D eigenvalue weighted by molar-refractivity contribution is 9.09. The molecule has 0 N–H and O–H groups in total. The molecule has 0 atom stereocenters. The second kappa shape index (κ2) is 5.22. The summed E-state index contributed by atoms with van der Waals surface area (Å²) in [6.07, 6.45) is 0. The van der Waals surface area contributed by atoms with Gasteiger partial charge in [-0.3, -0.25) is 0 Å². The molecule has 0 amide bonds. The van der Waals surface area contributed by atoms with Crippen molar-refractivity contribution in [2.75, 3.05) is 16.8 Å². The lowest BCUT2D eigenvalue weighted by Gasteiger charge is -2.34. The van der Waals surface area contributed by atoms with Crippen molar-refractivity contribution in [1.29, 1.82) is 0 Å². The summed E-state index contributed by atoms with van der Waals surface area (Å²) in [6.45, 7) is 5.41. The molecule has 0 radical (unpaired) electrons. The summed E-state index contributed by atoms with van der Waals surface area (Å²) in [5.41, 5.74) is 5.45. The zero-order chi connectivity index (χ0) is 13.4. The molecule has 0 fully saturated rings. The molecule has 0 saturated heterocycles. The van der Waals surface area contributed by atoms with Crippen molar-refractivity contribution in [3.05, 3.63) is 47.5 Å². The summed E-state index contributed by atoms with van der Waals surface area (Å²) in [4.78, 5) is 5.15. The number of aryl methyl sites for hydroxylation is 1. The molecule has 0 spiro atoms. The van der Waals surface area contributed by atoms with Crippen LogP contribution in [-0.2, 0) is 0 Å². The fraction of sp³-hybridized carbons (Fsp3) is 0.250. The van der Waals surface area contributed by atoms with Crippen molar-refractivity contribution in [3.8, 4) is 0 Å². The SMILES string of the molecule is Cc1ccc2c(c1C)N(CCBr)c1ccccc1S2. The molecular formula is C16H16BrNS. The number of hydrogen-bond acceptors (Lipinski definition) is 2. The lowest BCUT2D eigenvalue weighted by molar-refractivity contribution is 0.978. The monoisotopic (exact) mass is 333 g/mol. The molecule has 0 saturated carbocycles. The number of hydrogen-bond donors (Lipinski definition) is 0. The molecule has 2 aromatic carbocycles. The molecule has 19 heavy (non-hydrogen) atoms. The third-order valence-electron chi connectivity index (χ3n) is 3.62. The van der Waals surface area contributed by atoms with Gasteiger partial charge in [-0.15, -0.1) is 0 Å². The van der Waals surface area contributed by atoms with Crippen LogP contribution in [0.4, 0.5) is 11.4 Å². The highest BCUT2D eigenvalue weighted by atomic mass is 79.9. The lowest BCUT2D eigenvalue weighted by Crippen LogP contribution is -2.24. The van der Waals surface area contributed by atoms with Crippen LogP contribution in [0, 0.1) is 13.8 Å². The highest BCUT2D eigenvalue weighted by Gasteiger charge is 2.24. The third kappa shape index (κ3) is 2.19. The maximum absolute atomic E-state index is 3.58. The van der Waals surface area contributed by atoms with Gasteiger partial charge in [-0.1, -0.05) is 45.9 Å². The zero-order valence-electron chi connectivity index (χ0n) is 11.1. The van der Waals surface area contributed by atoms with Crippen LogP contribution in [0.5, 0.6) is 0 Å². The van der Waals surface area contributed by atoms with Crippen LogP contribution in [0.3, 0.4) is 0 Å². The number of anilines is 2. The molecule has 0 unspecified atom stereocenters. The van der Waals surface area contributed by atoms with E-state index in [1.54, 1.807) is 0 Å². The molecule has 3 heteroatoms. The maximum Gasteiger partial charge on any atom is 0.0585 e. The topological polar surface area (TPSA) is 3.24 Å². The Bertz CT molecular complexity index is 624. The fourth-order valence-electron chi connectivity index (χ4n) is 2.52. The van der Waals surface area contributed by atoms with E-state index in [0.29, 0.717) is 0 Å². The Hall–Kier alpha value is -0.930. The van der Waals surface area contributed by atoms with E-state index < -0.39 is 0 Å². The minimum atomic E-state index is 0.971. The van der Waals surface area contributed by atoms with Gasteiger partial charge in [0.15, 0.2) is 0 Å². The quantitative estimate of drug-likeness (QED) is 0.686. The van der Waals surface area contributed by atoms with E-state index in [0.717, 1.165) is 11.9 Å². The molecular weight excluding hydrogens is 318 g/mol. The highest BCUT2D eigenvalue weighted by Crippen LogP contribution is 2.49. The molecule has 1 aliphatic heterocycles. The zero-order valence-corrected chi connectivity index (χ0v) is 13.5. The molecule has 2 aromatic rings. The third-order valence-corrected chi connectivity index (χ3v) is 5.09. The van der Waals surface area contributed by atoms with Crippen LogP contribution in [0.15, 0.2) is 46.2 Å². The number of fused-ring (bicyclic) bond motifs is 2. The van der Waals surface area contributed by atoms with E-state index in [1.165, 1.54) is 32.3 Å². The van der Waals surface area contributed by atoms with E-state index in [2.05, 4.69) is 71.1 Å². The predicted octanol–water partition coefficient (Wildman–Crippen LogP) is 5.30. The van der Waals surface area contributed by atoms with Crippen LogP contribution in [-0.4, -0.2) is 11.9 Å². The van der Waals surface area contributed by atoms with Gasteiger partial charge in [0.25, 0.3) is 0 Å². The van der Waals surface area contributed by atoms with Crippen molar-refractivity contribution < 1.29 is 0 Å². The van der Waals surface area contributed by atoms with Crippen LogP contribution in [0.2, 0.25) is 0 Å². The van der Waals surface area contributed by atoms with Gasteiger partial charge in [0.2, 0.25) is 0 Å². The minimum absolute atomic E-state index is 0.971. The predicted molar refractivity (Wildman–Crippen MR) is 87.3 cm³/mol. The minimum Gasteiger partial charge on any atom is -0.339 e. The van der Waals surface area contributed by atoms with E-state index in [9.17, 15) is 0 Å². The first-order chi connectivity index (χ1) is 9.22. The van der Waals surface area contributed by atoms with Crippen molar-refractivity contribution in [2.45, 2.75) is 23.6 Å². The molecule has 98 valence electrons. The van der Waals surface area contributed by atoms with Crippen LogP contribution in [0.25, 0.3) is 0 Å². The smallest absolute Gasteiger partial charge is 0.0585 e. The van der Waals surface area contributed by atoms with Gasteiger partial charge in [0.05, 0.1) is 11.4 Å². The van der Waals surface area contributed by atoms with Gasteiger partial charge in [-0.2, -0.15) is 0 Å². The second-order valence-corrected chi connectivity index (χ2v) is 6.64. The maximum atomic E-state index is 3.58. The van der Waals surface area contributed by atoms with Crippen molar-refractivity contribution in [1.82, 2.24) is 0 Å². The molecule has 0 aromatic heterocycles. The van der Waals surface area contributed by atoms with E-state index in [-0.39, 0.29) is 0 Å². The summed E-state index contributed by atoms with van der Waals surface area (Å²) < 4.78 is 0. The number of halogens is 1. The summed E-state index contributed by atoms with van der Waals surface area (Å²) in [5, 5.41) is 0.971. The molecule has 1 heterocycles. The first-order valence-corrected chi connectivity index (χ1v) is 8.36. The molecule has 0 aliphatic carbocycles. The average molecular weight is 334 g/mol. The summed E-state index contributed by atoms with van der Waals surface area (Å²) in [7, 11) is 0. The van der Waals surface area contributed by atoms with E-state index >= 15 is 0 Å². The summed E-state index contributed by atoms with van der Waals surface area (Å²) >= 11 is 5.46. The first kappa shape index (κ1) is 13.1. The van der Waals surface area contributed by atoms with Gasteiger partial charge < -0.3 is 4.90 Å². The number of nitrogens with zero attached hydrogens (tertiary/aromatic N) is 1. The Morgan fingerprint density at radius 1 is 1.05 bits per heavy atom. The molecule has 3 rings (SSSR count). The largest absolute Gasteiger partial charge is 0.339 e. The van der Waals surface area contributed by atoms with Crippen LogP contribution < -0.4 is 4.90 Å². The van der Waals surface area contributed by atoms with Gasteiger partial charge in [0.1, 0.15) is 0 Å². The number of benzene rings is 2. The number of para-hydroxylation sites is 1. The Labute approximate surface area is 127 Å². The molecule has 0 bridgehead atoms. The fourth-order valence-corrected chi connectivity index (χ4v) is 4.03. The number of alkyl halides is 1. The average Bonchev–Trinajstić information content (AvgIpc) is 2.43. The summed E-state index contributed by atoms with van der Waals surface area (Å²) in [5.74, 6) is 0. The van der Waals surface area contributed by atoms with Crippen molar-refractivity contribution in [2.24, 2.45) is 0 Å². The standard InChI is InChI=1S/C16H16BrNS/c1-11-7-8-15-16(12(11)2)18(10-9-17)13-5-3-4-6-14(13)19-15/h3-8H,9-10H2,1-2H3. The van der Waals surface area contributed by atoms with Gasteiger partial charge in [-0.05, 0) is 43.2 Å². The van der Waals surface area contributed by atoms with Crippen LogP contribution in [0.1, 0.15) is 11.1 Å². The number of rotatable bonds is 2. The van der Waals surface area contributed by atoms with E-state index in [1.807, 2.05) is 11.8 Å². The molecule has 1 aliphatic rings. The van der Waals surface area contributed by atoms with Gasteiger partial charge >= 0.3 is 0 Å². The molecule has 1 nitrogen and oxygen atoms in total. The van der Waals surface area contributed by atoms with Crippen molar-refractivity contribution >= 4 is 39.1 Å². The van der Waals surface area contributed by atoms with Crippen molar-refractivity contribution in [3.63, 3.8) is 0 Å². The Morgan fingerprint density at radius 3 is 2.63 bits per heavy atom. The Balaban J connectivity index is 2.21. The van der Waals surface area contributed by atoms with Gasteiger partial charge in [-0.25, -0.2) is 0 Å². The van der Waals surface area contributed by atoms with Crippen LogP contribution >= 0.6 is 27.7 Å². The van der Waals surface area contributed by atoms with Gasteiger partial charge in [0, 0.05) is 21.7 Å². The normalized spacial score (nSPS) is 13.1. The lowest BCUT2D eigenvalue weighted by atomic mass is 10.1. The van der Waals surface area contributed by atoms with E-state index in [4.69, 9.17) is 0 Å². The second-order valence-electron chi connectivity index (χ2n) is 4.76. The summed E-state index contributed by atoms with van der Waals surface area (Å²) in [6, 6.07) is 13.1. The Morgan fingerprint density at radius 2 is 1.84 bits per heavy atom. The first-order valence-electron chi connectivity index (χ1n) is 6.43.